The molecule has 0 fully saturated rings. The fourth-order valence-electron chi connectivity index (χ4n) is 3.47. The smallest absolute Gasteiger partial charge is 0.263 e. The number of carbonyl (C=O) groups is 2. The van der Waals surface area contributed by atoms with Crippen LogP contribution in [0, 0.1) is 0 Å². The van der Waals surface area contributed by atoms with Gasteiger partial charge in [-0.1, -0.05) is 7.77 Å². The summed E-state index contributed by atoms with van der Waals surface area (Å²) in [5, 5.41) is -16.6. The number of carbonyl (C=O) groups excluding carboxylic acids is 2. The summed E-state index contributed by atoms with van der Waals surface area (Å²) in [6, 6.07) is 0. The SMILES string of the molecule is O=C(OOC(=O)C(F)(OC(F)(F)C(F)(OC(F)(F)C(F)(OC(F)(F)C(F)(F)S(=O)(=O)F)C(F)(F)F)C(F)(F)F)C(F)(F)F)C(F)(OC(F)(F)C(F)(OC(F)(F)C(F)(OC(F)(F)C(F)(F)S(=O)(=O)F)C(F)(F)F)C(F)(F)F)C(F)(F)F. The Labute approximate surface area is 400 Å². The minimum Gasteiger partial charge on any atom is -0.263 e. The number of hydrogen-bond donors (Lipinski definition) is 0. The van der Waals surface area contributed by atoms with E-state index in [1.54, 1.807) is 9.78 Å². The van der Waals surface area contributed by atoms with Crippen molar-refractivity contribution in [2.24, 2.45) is 0 Å². The summed E-state index contributed by atoms with van der Waals surface area (Å²) in [6.45, 7) is 0. The van der Waals surface area contributed by atoms with E-state index in [0.29, 0.717) is 0 Å². The third kappa shape index (κ3) is 12.7. The van der Waals surface area contributed by atoms with Gasteiger partial charge < -0.3 is 0 Å². The molecule has 0 N–H and O–H groups in total. The summed E-state index contributed by atoms with van der Waals surface area (Å²) in [5.74, 6) is -66.4. The molecular formula is C22F42O14S2. The number of ether oxygens (including phenoxy) is 6. The van der Waals surface area contributed by atoms with Crippen molar-refractivity contribution in [1.29, 1.82) is 0 Å². The van der Waals surface area contributed by atoms with Gasteiger partial charge in [0.1, 0.15) is 0 Å². The molecule has 14 nitrogen and oxygen atoms in total. The maximum absolute atomic E-state index is 14.7. The van der Waals surface area contributed by atoms with Gasteiger partial charge in [-0.2, -0.15) is 192 Å². The Kier molecular flexibility index (Phi) is 19.1. The highest BCUT2D eigenvalue weighted by atomic mass is 32.3. The van der Waals surface area contributed by atoms with Crippen molar-refractivity contribution < 1.29 is 248 Å². The molecule has 6 unspecified atom stereocenters. The first kappa shape index (κ1) is 75.7. The minimum absolute atomic E-state index is 0.794. The molecule has 0 aliphatic carbocycles. The Balaban J connectivity index is 7.87. The maximum atomic E-state index is 14.7. The lowest BCUT2D eigenvalue weighted by Crippen LogP contribution is -2.70. The molecule has 478 valence electrons. The molecule has 6 atom stereocenters. The summed E-state index contributed by atoms with van der Waals surface area (Å²) >= 11 is 0. The molecule has 0 spiro atoms. The minimum atomic E-state index is -9.46. The molecule has 80 heavy (non-hydrogen) atoms. The number of alkyl halides is 40. The van der Waals surface area contributed by atoms with Crippen LogP contribution in [0.25, 0.3) is 0 Å². The van der Waals surface area contributed by atoms with Gasteiger partial charge in [0.25, 0.3) is 0 Å². The van der Waals surface area contributed by atoms with Crippen LogP contribution in [0.1, 0.15) is 0 Å². The number of hydrogen-bond acceptors (Lipinski definition) is 14. The summed E-state index contributed by atoms with van der Waals surface area (Å²) < 4.78 is 619. The van der Waals surface area contributed by atoms with Crippen molar-refractivity contribution in [2.45, 2.75) is 119 Å². The van der Waals surface area contributed by atoms with Crippen LogP contribution in [0.4, 0.5) is 183 Å². The van der Waals surface area contributed by atoms with Crippen molar-refractivity contribution in [3.05, 3.63) is 0 Å². The molecule has 0 aromatic carbocycles. The van der Waals surface area contributed by atoms with Crippen LogP contribution < -0.4 is 0 Å². The van der Waals surface area contributed by atoms with Gasteiger partial charge in [-0.3, -0.25) is 28.4 Å². The van der Waals surface area contributed by atoms with E-state index in [4.69, 9.17) is 0 Å². The van der Waals surface area contributed by atoms with E-state index >= 15 is 0 Å². The molecule has 0 bridgehead atoms. The predicted molar refractivity (Wildman–Crippen MR) is 138 cm³/mol. The van der Waals surface area contributed by atoms with Crippen molar-refractivity contribution >= 4 is 32.4 Å². The predicted octanol–water partition coefficient (Wildman–Crippen LogP) is 10.8. The van der Waals surface area contributed by atoms with E-state index in [2.05, 4.69) is 0 Å². The van der Waals surface area contributed by atoms with Crippen LogP contribution in [-0.2, 0) is 68.2 Å². The topological polar surface area (TPSA) is 176 Å². The van der Waals surface area contributed by atoms with Gasteiger partial charge in [-0.15, -0.1) is 0 Å². The normalized spacial score (nSPS) is 20.1. The van der Waals surface area contributed by atoms with Crippen LogP contribution in [0.2, 0.25) is 0 Å². The average Bonchev–Trinajstić information content (AvgIpc) is 3.14. The van der Waals surface area contributed by atoms with Gasteiger partial charge in [-0.25, -0.2) is 19.4 Å². The van der Waals surface area contributed by atoms with E-state index in [1.165, 1.54) is 0 Å². The highest BCUT2D eigenvalue weighted by molar-refractivity contribution is 7.87. The van der Waals surface area contributed by atoms with Gasteiger partial charge in [0.05, 0.1) is 0 Å². The van der Waals surface area contributed by atoms with Crippen molar-refractivity contribution in [2.75, 3.05) is 0 Å². The zero-order chi connectivity index (χ0) is 65.8. The molecule has 0 rings (SSSR count). The number of halogens is 42. The molecule has 0 saturated carbocycles. The molecule has 0 aromatic heterocycles. The second kappa shape index (κ2) is 20.2. The fraction of sp³-hybridized carbons (Fsp3) is 0.909. The first-order valence-electron chi connectivity index (χ1n) is 15.9. The molecule has 0 aromatic rings. The Morgan fingerprint density at radius 3 is 0.525 bits per heavy atom. The van der Waals surface area contributed by atoms with Gasteiger partial charge in [0.15, 0.2) is 0 Å². The fourth-order valence-corrected chi connectivity index (χ4v) is 4.12. The van der Waals surface area contributed by atoms with E-state index in [0.717, 1.165) is 28.4 Å². The largest absolute Gasteiger partial charge is 0.464 e. The van der Waals surface area contributed by atoms with E-state index < -0.39 is 152 Å². The summed E-state index contributed by atoms with van der Waals surface area (Å²) in [6.07, 6.45) is -108. The molecule has 0 aliphatic rings. The lowest BCUT2D eigenvalue weighted by molar-refractivity contribution is -0.572. The standard InChI is InChI=1S/C22F42O14S2/c23-3(9(29,30)31,73-15(47,48)5(25,11(35,36)37)75-17(51,52)7(27,13(41,42)43)77-19(55,56)21(59,60)79(63,67)68)1(65)71-72-2(66)4(24,10(32,33)34)74-16(49,50)6(26,12(38,39)40)76-18(53,54)8(28,14(44,45)46)78-20(57,58)22(61,62)80(64,69)70. The molecule has 0 heterocycles. The lowest BCUT2D eigenvalue weighted by Gasteiger charge is -2.42. The second-order valence-electron chi connectivity index (χ2n) is 12.9. The van der Waals surface area contributed by atoms with Gasteiger partial charge in [-0.05, 0) is 0 Å². The lowest BCUT2D eigenvalue weighted by atomic mass is 10.2. The Morgan fingerprint density at radius 2 is 0.388 bits per heavy atom. The quantitative estimate of drug-likeness (QED) is 0.0433. The van der Waals surface area contributed by atoms with Crippen molar-refractivity contribution in [3.63, 3.8) is 0 Å². The first-order valence-corrected chi connectivity index (χ1v) is 18.6. The zero-order valence-electron chi connectivity index (χ0n) is 33.4. The number of rotatable bonds is 22. The van der Waals surface area contributed by atoms with Crippen LogP contribution in [-0.4, -0.2) is 148 Å². The molecule has 58 heteroatoms. The Hall–Kier alpha value is -4.34. The third-order valence-electron chi connectivity index (χ3n) is 7.31. The van der Waals surface area contributed by atoms with Gasteiger partial charge in [0, 0.05) is 0 Å². The van der Waals surface area contributed by atoms with Gasteiger partial charge >= 0.3 is 152 Å². The van der Waals surface area contributed by atoms with E-state index in [1.807, 2.05) is 0 Å². The average molecular weight is 1350 g/mol. The molecule has 0 saturated heterocycles. The molecular weight excluding hydrogens is 1350 g/mol. The van der Waals surface area contributed by atoms with Gasteiger partial charge in [0.2, 0.25) is 0 Å². The van der Waals surface area contributed by atoms with Crippen LogP contribution >= 0.6 is 0 Å². The monoisotopic (exact) mass is 1350 g/mol. The molecule has 0 amide bonds. The maximum Gasteiger partial charge on any atom is 0.464 e. The summed E-state index contributed by atoms with van der Waals surface area (Å²) in [4.78, 5) is 26.3. The highest BCUT2D eigenvalue weighted by Crippen LogP contribution is 2.61. The molecule has 0 radical (unpaired) electrons. The van der Waals surface area contributed by atoms with E-state index in [9.17, 15) is 210 Å². The summed E-state index contributed by atoms with van der Waals surface area (Å²) in [5.41, 5.74) is 0. The third-order valence-corrected chi connectivity index (χ3v) is 9.01. The van der Waals surface area contributed by atoms with Crippen molar-refractivity contribution in [3.8, 4) is 0 Å². The second-order valence-corrected chi connectivity index (χ2v) is 15.7. The highest BCUT2D eigenvalue weighted by Gasteiger charge is 2.90. The molecule has 0 aliphatic heterocycles. The van der Waals surface area contributed by atoms with Crippen LogP contribution in [0.15, 0.2) is 0 Å². The van der Waals surface area contributed by atoms with Crippen LogP contribution in [0.5, 0.6) is 0 Å². The first-order chi connectivity index (χ1) is 33.8. The summed E-state index contributed by atoms with van der Waals surface area (Å²) in [7, 11) is -17.5. The zero-order valence-corrected chi connectivity index (χ0v) is 35.0. The Morgan fingerprint density at radius 1 is 0.237 bits per heavy atom. The van der Waals surface area contributed by atoms with Crippen molar-refractivity contribution in [1.82, 2.24) is 0 Å². The van der Waals surface area contributed by atoms with E-state index in [-0.39, 0.29) is 0 Å². The van der Waals surface area contributed by atoms with Crippen LogP contribution in [0.3, 0.4) is 0 Å². The Bertz CT molecular complexity index is 2330.